The largest absolute Gasteiger partial charge is 0.228 e. The third-order valence-corrected chi connectivity index (χ3v) is 4.86. The summed E-state index contributed by atoms with van der Waals surface area (Å²) in [5.74, 6) is 0. The third-order valence-electron chi connectivity index (χ3n) is 2.26. The highest BCUT2D eigenvalue weighted by Gasteiger charge is 2.16. The molecule has 0 fully saturated rings. The highest BCUT2D eigenvalue weighted by Crippen LogP contribution is 2.41. The predicted octanol–water partition coefficient (Wildman–Crippen LogP) is 5.54. The lowest BCUT2D eigenvalue weighted by Crippen LogP contribution is -1.90. The van der Waals surface area contributed by atoms with Gasteiger partial charge < -0.3 is 0 Å². The summed E-state index contributed by atoms with van der Waals surface area (Å²) < 4.78 is 0.787. The first-order valence-corrected chi connectivity index (χ1v) is 7.56. The molecule has 88 valence electrons. The molecule has 5 heteroatoms. The molecule has 0 radical (unpaired) electrons. The number of rotatable bonds is 2. The van der Waals surface area contributed by atoms with Gasteiger partial charge in [0.1, 0.15) is 10.2 Å². The van der Waals surface area contributed by atoms with Gasteiger partial charge in [0.2, 0.25) is 0 Å². The molecule has 0 saturated heterocycles. The van der Waals surface area contributed by atoms with Gasteiger partial charge in [0.25, 0.3) is 0 Å². The van der Waals surface area contributed by atoms with E-state index >= 15 is 0 Å². The lowest BCUT2D eigenvalue weighted by Gasteiger charge is -2.10. The average Bonchev–Trinajstić information content (AvgIpc) is 2.35. The van der Waals surface area contributed by atoms with Crippen molar-refractivity contribution in [3.05, 3.63) is 45.0 Å². The second kappa shape index (κ2) is 5.61. The molecule has 0 saturated carbocycles. The number of hydrogen-bond acceptors (Lipinski definition) is 2. The van der Waals surface area contributed by atoms with Crippen LogP contribution in [0.1, 0.15) is 0 Å². The molecule has 17 heavy (non-hydrogen) atoms. The number of hydrogen-bond donors (Lipinski definition) is 0. The van der Waals surface area contributed by atoms with Gasteiger partial charge in [0, 0.05) is 5.56 Å². The van der Waals surface area contributed by atoms with Crippen LogP contribution in [-0.4, -0.2) is 11.2 Å². The maximum Gasteiger partial charge on any atom is 0.139 e. The molecule has 0 spiro atoms. The molecule has 1 nitrogen and oxygen atoms in total. The number of thioether (sulfide) groups is 1. The van der Waals surface area contributed by atoms with E-state index in [1.165, 1.54) is 11.8 Å². The van der Waals surface area contributed by atoms with E-state index in [0.29, 0.717) is 10.2 Å². The Labute approximate surface area is 123 Å². The average molecular weight is 349 g/mol. The molecule has 0 atom stereocenters. The van der Waals surface area contributed by atoms with Gasteiger partial charge in [-0.1, -0.05) is 53.5 Å². The summed E-state index contributed by atoms with van der Waals surface area (Å²) in [7, 11) is 0. The van der Waals surface area contributed by atoms with E-state index in [-0.39, 0.29) is 0 Å². The van der Waals surface area contributed by atoms with Crippen molar-refractivity contribution in [1.82, 2.24) is 4.98 Å². The standard InChI is InChI=1S/C12H8BrCl2NS/c1-17-12-9(13)10(14)8(11(15)16-12)7-5-3-2-4-6-7/h2-6H,1H3. The van der Waals surface area contributed by atoms with Crippen LogP contribution in [-0.2, 0) is 0 Å². The first-order valence-electron chi connectivity index (χ1n) is 4.79. The van der Waals surface area contributed by atoms with Crippen LogP contribution in [0.2, 0.25) is 10.2 Å². The van der Waals surface area contributed by atoms with Crippen LogP contribution < -0.4 is 0 Å². The van der Waals surface area contributed by atoms with E-state index in [9.17, 15) is 0 Å². The van der Waals surface area contributed by atoms with Gasteiger partial charge in [-0.2, -0.15) is 0 Å². The van der Waals surface area contributed by atoms with Crippen molar-refractivity contribution in [3.8, 4) is 11.1 Å². The Morgan fingerprint density at radius 2 is 1.82 bits per heavy atom. The summed E-state index contributed by atoms with van der Waals surface area (Å²) in [6.45, 7) is 0. The minimum Gasteiger partial charge on any atom is -0.228 e. The van der Waals surface area contributed by atoms with Crippen molar-refractivity contribution in [1.29, 1.82) is 0 Å². The topological polar surface area (TPSA) is 12.9 Å². The molecule has 2 aromatic rings. The quantitative estimate of drug-likeness (QED) is 0.522. The Bertz CT molecular complexity index is 546. The minimum atomic E-state index is 0.425. The summed E-state index contributed by atoms with van der Waals surface area (Å²) >= 11 is 17.5. The summed E-state index contributed by atoms with van der Waals surface area (Å²) in [6.07, 6.45) is 1.93. The third kappa shape index (κ3) is 2.63. The zero-order chi connectivity index (χ0) is 12.4. The summed E-state index contributed by atoms with van der Waals surface area (Å²) in [4.78, 5) is 4.33. The van der Waals surface area contributed by atoms with Gasteiger partial charge in [-0.15, -0.1) is 11.8 Å². The van der Waals surface area contributed by atoms with E-state index < -0.39 is 0 Å². The molecule has 0 aliphatic carbocycles. The Morgan fingerprint density at radius 3 is 2.41 bits per heavy atom. The van der Waals surface area contributed by atoms with Gasteiger partial charge in [-0.3, -0.25) is 0 Å². The lowest BCUT2D eigenvalue weighted by atomic mass is 10.1. The smallest absolute Gasteiger partial charge is 0.139 e. The number of halogens is 3. The van der Waals surface area contributed by atoms with Crippen molar-refractivity contribution in [2.75, 3.05) is 6.26 Å². The predicted molar refractivity (Wildman–Crippen MR) is 79.2 cm³/mol. The lowest BCUT2D eigenvalue weighted by molar-refractivity contribution is 1.12. The van der Waals surface area contributed by atoms with Gasteiger partial charge >= 0.3 is 0 Å². The maximum absolute atomic E-state index is 6.33. The molecule has 0 aliphatic heterocycles. The summed E-state index contributed by atoms with van der Waals surface area (Å²) in [5, 5.41) is 1.81. The van der Waals surface area contributed by atoms with Gasteiger partial charge in [0.15, 0.2) is 0 Å². The van der Waals surface area contributed by atoms with Crippen LogP contribution in [0.25, 0.3) is 11.1 Å². The molecule has 1 aromatic carbocycles. The highest BCUT2D eigenvalue weighted by molar-refractivity contribution is 9.10. The molecule has 2 rings (SSSR count). The van der Waals surface area contributed by atoms with Crippen LogP contribution in [0.3, 0.4) is 0 Å². The highest BCUT2D eigenvalue weighted by atomic mass is 79.9. The Kier molecular flexibility index (Phi) is 4.36. The van der Waals surface area contributed by atoms with Crippen LogP contribution >= 0.6 is 50.9 Å². The summed E-state index contributed by atoms with van der Waals surface area (Å²) in [6, 6.07) is 9.75. The van der Waals surface area contributed by atoms with Crippen molar-refractivity contribution < 1.29 is 0 Å². The second-order valence-corrected chi connectivity index (χ2v) is 5.60. The Balaban J connectivity index is 2.68. The van der Waals surface area contributed by atoms with E-state index in [1.54, 1.807) is 0 Å². The van der Waals surface area contributed by atoms with E-state index in [2.05, 4.69) is 20.9 Å². The Hall–Kier alpha value is -0.220. The zero-order valence-corrected chi connectivity index (χ0v) is 12.8. The van der Waals surface area contributed by atoms with Crippen LogP contribution in [0.5, 0.6) is 0 Å². The molecule has 1 aromatic heterocycles. The van der Waals surface area contributed by atoms with Crippen molar-refractivity contribution in [3.63, 3.8) is 0 Å². The van der Waals surface area contributed by atoms with Crippen molar-refractivity contribution >= 4 is 50.9 Å². The van der Waals surface area contributed by atoms with Crippen molar-refractivity contribution in [2.45, 2.75) is 5.03 Å². The minimum absolute atomic E-state index is 0.425. The number of pyridine rings is 1. The molecule has 0 N–H and O–H groups in total. The monoisotopic (exact) mass is 347 g/mol. The molecule has 0 bridgehead atoms. The van der Waals surface area contributed by atoms with Gasteiger partial charge in [-0.05, 0) is 27.7 Å². The van der Waals surface area contributed by atoms with E-state index in [0.717, 1.165) is 20.6 Å². The van der Waals surface area contributed by atoms with E-state index in [1.807, 2.05) is 36.6 Å². The molecule has 1 heterocycles. The fourth-order valence-electron chi connectivity index (χ4n) is 1.47. The summed E-state index contributed by atoms with van der Waals surface area (Å²) in [5.41, 5.74) is 1.72. The number of nitrogens with zero attached hydrogens (tertiary/aromatic N) is 1. The van der Waals surface area contributed by atoms with Gasteiger partial charge in [0.05, 0.1) is 9.50 Å². The fourth-order valence-corrected chi connectivity index (χ4v) is 3.44. The van der Waals surface area contributed by atoms with Crippen molar-refractivity contribution in [2.24, 2.45) is 0 Å². The van der Waals surface area contributed by atoms with Gasteiger partial charge in [-0.25, -0.2) is 4.98 Å². The second-order valence-electron chi connectivity index (χ2n) is 3.28. The fraction of sp³-hybridized carbons (Fsp3) is 0.0833. The number of benzene rings is 1. The maximum atomic E-state index is 6.33. The molecule has 0 amide bonds. The first-order chi connectivity index (χ1) is 8.15. The van der Waals surface area contributed by atoms with E-state index in [4.69, 9.17) is 23.2 Å². The van der Waals surface area contributed by atoms with Crippen LogP contribution in [0.15, 0.2) is 39.8 Å². The zero-order valence-electron chi connectivity index (χ0n) is 8.88. The Morgan fingerprint density at radius 1 is 1.18 bits per heavy atom. The molecule has 0 aliphatic rings. The molecular formula is C12H8BrCl2NS. The van der Waals surface area contributed by atoms with Crippen LogP contribution in [0.4, 0.5) is 0 Å². The number of aromatic nitrogens is 1. The normalized spacial score (nSPS) is 10.6. The molecular weight excluding hydrogens is 341 g/mol. The first kappa shape index (κ1) is 13.2. The molecule has 0 unspecified atom stereocenters. The van der Waals surface area contributed by atoms with Crippen LogP contribution in [0, 0.1) is 0 Å². The SMILES string of the molecule is CSc1nc(Cl)c(-c2ccccc2)c(Cl)c1Br.